The highest BCUT2D eigenvalue weighted by molar-refractivity contribution is 8.76. The zero-order valence-corrected chi connectivity index (χ0v) is 12.0. The molecule has 0 fully saturated rings. The van der Waals surface area contributed by atoms with Crippen LogP contribution < -0.4 is 0 Å². The average Bonchev–Trinajstić information content (AvgIpc) is 2.47. The third-order valence-corrected chi connectivity index (χ3v) is 4.78. The van der Waals surface area contributed by atoms with Crippen LogP contribution in [0.5, 0.6) is 0 Å². The largest absolute Gasteiger partial charge is 0.354 e. The highest BCUT2D eigenvalue weighted by Gasteiger charge is 2.14. The Kier molecular flexibility index (Phi) is 4.92. The molecule has 0 radical (unpaired) electrons. The molecular weight excluding hydrogens is 272 g/mol. The van der Waals surface area contributed by atoms with Gasteiger partial charge in [-0.2, -0.15) is 0 Å². The van der Waals surface area contributed by atoms with E-state index in [2.05, 4.69) is 15.8 Å². The number of nitrogens with zero attached hydrogens (tertiary/aromatic N) is 2. The molecule has 0 aliphatic heterocycles. The number of rotatable bonds is 3. The van der Waals surface area contributed by atoms with Gasteiger partial charge in [-0.3, -0.25) is 0 Å². The second kappa shape index (κ2) is 6.89. The number of para-hydroxylation sites is 2. The molecule has 0 heterocycles. The van der Waals surface area contributed by atoms with Crippen LogP contribution in [0.25, 0.3) is 9.69 Å². The molecule has 0 amide bonds. The Hall–Kier alpha value is -1.88. The van der Waals surface area contributed by atoms with Crippen molar-refractivity contribution in [3.8, 4) is 12.6 Å². The van der Waals surface area contributed by atoms with Gasteiger partial charge < -0.3 is 0 Å². The lowest BCUT2D eigenvalue weighted by molar-refractivity contribution is 1.49. The van der Waals surface area contributed by atoms with E-state index < -0.39 is 0 Å². The van der Waals surface area contributed by atoms with Crippen molar-refractivity contribution in [2.75, 3.05) is 0 Å². The van der Waals surface area contributed by atoms with Crippen molar-refractivity contribution in [1.82, 2.24) is 0 Å². The van der Waals surface area contributed by atoms with Gasteiger partial charge in [0.15, 0.2) is 0 Å². The average molecular weight is 284 g/mol. The van der Waals surface area contributed by atoms with Crippen LogP contribution in [-0.2, 0) is 0 Å². The molecule has 2 aromatic rings. The normalized spacial score (nSPS) is 9.26. The fraction of sp³-hybridized carbons (Fsp3) is 0.0667. The lowest BCUT2D eigenvalue weighted by Gasteiger charge is -1.97. The second-order valence-electron chi connectivity index (χ2n) is 3.57. The number of hydrogen-bond donors (Lipinski definition) is 0. The lowest BCUT2D eigenvalue weighted by atomic mass is 10.3. The molecule has 0 saturated carbocycles. The summed E-state index contributed by atoms with van der Waals surface area (Å²) in [6.07, 6.45) is 0. The van der Waals surface area contributed by atoms with Crippen LogP contribution in [0.4, 0.5) is 11.4 Å². The van der Waals surface area contributed by atoms with Crippen molar-refractivity contribution < 1.29 is 0 Å². The molecule has 0 saturated heterocycles. The predicted octanol–water partition coefficient (Wildman–Crippen LogP) is 6.06. The van der Waals surface area contributed by atoms with Crippen molar-refractivity contribution in [3.63, 3.8) is 0 Å². The molecule has 0 aromatic heterocycles. The monoisotopic (exact) mass is 284 g/mol. The molecular formula is C15H12N2S2+2. The fourth-order valence-electron chi connectivity index (χ4n) is 1.46. The molecule has 2 nitrogen and oxygen atoms in total. The van der Waals surface area contributed by atoms with Crippen LogP contribution >= 0.6 is 21.6 Å². The van der Waals surface area contributed by atoms with Gasteiger partial charge >= 0.3 is 11.4 Å². The SMILES string of the molecule is C#[N+]c1ccccc1SSc1ccccc1[N+]#CC. The third kappa shape index (κ3) is 3.54. The van der Waals surface area contributed by atoms with E-state index in [1.54, 1.807) is 28.5 Å². The van der Waals surface area contributed by atoms with E-state index in [0.29, 0.717) is 0 Å². The van der Waals surface area contributed by atoms with Crippen molar-refractivity contribution in [2.45, 2.75) is 16.7 Å². The van der Waals surface area contributed by atoms with Crippen molar-refractivity contribution in [2.24, 2.45) is 0 Å². The molecule has 2 aromatic carbocycles. The van der Waals surface area contributed by atoms with Gasteiger partial charge in [0.05, 0.1) is 6.92 Å². The van der Waals surface area contributed by atoms with Crippen LogP contribution in [0.2, 0.25) is 0 Å². The lowest BCUT2D eigenvalue weighted by Crippen LogP contribution is -1.71. The van der Waals surface area contributed by atoms with Crippen molar-refractivity contribution >= 4 is 33.0 Å². The molecule has 0 aliphatic rings. The Balaban J connectivity index is 2.19. The Morgan fingerprint density at radius 1 is 0.895 bits per heavy atom. The van der Waals surface area contributed by atoms with Gasteiger partial charge in [0.2, 0.25) is 0 Å². The van der Waals surface area contributed by atoms with Gasteiger partial charge in [-0.25, -0.2) is 0 Å². The van der Waals surface area contributed by atoms with Crippen molar-refractivity contribution in [1.29, 1.82) is 0 Å². The highest BCUT2D eigenvalue weighted by Crippen LogP contribution is 2.44. The molecule has 92 valence electrons. The maximum Gasteiger partial charge on any atom is 0.354 e. The first kappa shape index (κ1) is 13.5. The zero-order chi connectivity index (χ0) is 13.5. The first-order valence-corrected chi connectivity index (χ1v) is 7.81. The summed E-state index contributed by atoms with van der Waals surface area (Å²) in [5, 5.41) is 0. The Bertz CT molecular complexity index is 678. The van der Waals surface area contributed by atoms with E-state index in [4.69, 9.17) is 6.57 Å². The molecule has 0 spiro atoms. The van der Waals surface area contributed by atoms with Gasteiger partial charge in [0, 0.05) is 12.1 Å². The summed E-state index contributed by atoms with van der Waals surface area (Å²) in [6.45, 7) is 7.16. The Morgan fingerprint density at radius 2 is 1.42 bits per heavy atom. The highest BCUT2D eigenvalue weighted by atomic mass is 33.1. The van der Waals surface area contributed by atoms with Gasteiger partial charge in [-0.15, -0.1) is 0 Å². The fourth-order valence-corrected chi connectivity index (χ4v) is 3.70. The summed E-state index contributed by atoms with van der Waals surface area (Å²) >= 11 is 0. The van der Waals surface area contributed by atoms with E-state index in [1.165, 1.54) is 0 Å². The van der Waals surface area contributed by atoms with Gasteiger partial charge in [0.1, 0.15) is 9.79 Å². The van der Waals surface area contributed by atoms with E-state index in [9.17, 15) is 0 Å². The predicted molar refractivity (Wildman–Crippen MR) is 85.1 cm³/mol. The minimum Gasteiger partial charge on any atom is -0.0605 e. The van der Waals surface area contributed by atoms with Crippen LogP contribution in [0, 0.1) is 12.6 Å². The first-order valence-electron chi connectivity index (χ1n) is 5.66. The van der Waals surface area contributed by atoms with Gasteiger partial charge in [-0.1, -0.05) is 24.3 Å². The summed E-state index contributed by atoms with van der Waals surface area (Å²) in [4.78, 5) is 10.1. The van der Waals surface area contributed by atoms with Crippen LogP contribution in [0.15, 0.2) is 58.3 Å². The van der Waals surface area contributed by atoms with E-state index >= 15 is 0 Å². The molecule has 2 rings (SSSR count). The van der Waals surface area contributed by atoms with E-state index in [1.807, 2.05) is 48.5 Å². The molecule has 0 unspecified atom stereocenters. The molecule has 0 bridgehead atoms. The van der Waals surface area contributed by atoms with Gasteiger partial charge in [0.25, 0.3) is 12.6 Å². The minimum atomic E-state index is 0.794. The summed E-state index contributed by atoms with van der Waals surface area (Å²) in [5.41, 5.74) is 1.72. The first-order chi connectivity index (χ1) is 9.35. The quantitative estimate of drug-likeness (QED) is 0.633. The van der Waals surface area contributed by atoms with Crippen LogP contribution in [0.1, 0.15) is 6.92 Å². The minimum absolute atomic E-state index is 0.794. The smallest absolute Gasteiger partial charge is 0.0605 e. The maximum absolute atomic E-state index is 5.37. The molecule has 4 heteroatoms. The van der Waals surface area contributed by atoms with Crippen LogP contribution in [-0.4, -0.2) is 0 Å². The standard InChI is InChI=1S/C15H12N2S2/c1-3-17-13-9-5-7-11-15(13)19-18-14-10-6-4-8-12(14)16-2/h2,4-11H,1H3/q+2. The zero-order valence-electron chi connectivity index (χ0n) is 10.4. The van der Waals surface area contributed by atoms with Crippen molar-refractivity contribution in [3.05, 3.63) is 58.2 Å². The third-order valence-electron chi connectivity index (χ3n) is 2.32. The summed E-state index contributed by atoms with van der Waals surface area (Å²) < 4.78 is 0. The summed E-state index contributed by atoms with van der Waals surface area (Å²) in [7, 11) is 3.26. The topological polar surface area (TPSA) is 8.72 Å². The van der Waals surface area contributed by atoms with E-state index in [-0.39, 0.29) is 0 Å². The molecule has 19 heavy (non-hydrogen) atoms. The van der Waals surface area contributed by atoms with Crippen LogP contribution in [0.3, 0.4) is 0 Å². The maximum atomic E-state index is 5.37. The summed E-state index contributed by atoms with van der Waals surface area (Å²) in [6, 6.07) is 18.6. The van der Waals surface area contributed by atoms with Gasteiger partial charge in [-0.05, 0) is 43.4 Å². The Morgan fingerprint density at radius 3 is 2.00 bits per heavy atom. The Labute approximate surface area is 120 Å². The number of hydrogen-bond acceptors (Lipinski definition) is 2. The second-order valence-corrected chi connectivity index (χ2v) is 5.78. The van der Waals surface area contributed by atoms with E-state index in [0.717, 1.165) is 21.2 Å². The number of benzene rings is 2. The summed E-state index contributed by atoms with van der Waals surface area (Å²) in [5.74, 6) is 0. The molecule has 0 aliphatic carbocycles. The molecule has 0 atom stereocenters. The molecule has 0 N–H and O–H groups in total.